The quantitative estimate of drug-likeness (QED) is 0.785. The molecule has 16 heavy (non-hydrogen) atoms. The molecule has 0 radical (unpaired) electrons. The average molecular weight is 239 g/mol. The highest BCUT2D eigenvalue weighted by Crippen LogP contribution is 2.43. The summed E-state index contributed by atoms with van der Waals surface area (Å²) in [5, 5.41) is 11.6. The molecule has 0 bridgehead atoms. The van der Waals surface area contributed by atoms with Crippen LogP contribution in [0.25, 0.3) is 0 Å². The lowest BCUT2D eigenvalue weighted by Crippen LogP contribution is -2.39. The standard InChI is InChI=1S/C14H19ClO/c1-10-3-4-11(2)14(16,9-10)12-5-7-13(15)8-6-12/h5-8,10-11,16H,3-4,9H2,1-2H3. The molecule has 1 aromatic rings. The molecule has 0 saturated heterocycles. The Morgan fingerprint density at radius 1 is 1.19 bits per heavy atom. The molecule has 0 spiro atoms. The lowest BCUT2D eigenvalue weighted by Gasteiger charge is -2.41. The number of hydrogen-bond acceptors (Lipinski definition) is 1. The second-order valence-corrected chi connectivity index (χ2v) is 5.66. The van der Waals surface area contributed by atoms with Gasteiger partial charge in [-0.3, -0.25) is 0 Å². The first-order valence-electron chi connectivity index (χ1n) is 6.01. The van der Waals surface area contributed by atoms with Gasteiger partial charge in [-0.2, -0.15) is 0 Å². The Hall–Kier alpha value is -0.530. The van der Waals surface area contributed by atoms with E-state index in [1.54, 1.807) is 0 Å². The van der Waals surface area contributed by atoms with Crippen molar-refractivity contribution < 1.29 is 5.11 Å². The predicted molar refractivity (Wildman–Crippen MR) is 67.5 cm³/mol. The summed E-state index contributed by atoms with van der Waals surface area (Å²) in [5.74, 6) is 0.918. The number of rotatable bonds is 1. The van der Waals surface area contributed by atoms with E-state index in [-0.39, 0.29) is 0 Å². The highest BCUT2D eigenvalue weighted by molar-refractivity contribution is 6.30. The van der Waals surface area contributed by atoms with E-state index in [0.29, 0.717) is 11.8 Å². The van der Waals surface area contributed by atoms with E-state index in [1.165, 1.54) is 6.42 Å². The second-order valence-electron chi connectivity index (χ2n) is 5.22. The maximum atomic E-state index is 10.8. The fourth-order valence-electron chi connectivity index (χ4n) is 2.75. The fourth-order valence-corrected chi connectivity index (χ4v) is 2.87. The molecular formula is C14H19ClO. The van der Waals surface area contributed by atoms with Gasteiger partial charge in [-0.15, -0.1) is 0 Å². The lowest BCUT2D eigenvalue weighted by molar-refractivity contribution is -0.0627. The molecule has 0 aromatic heterocycles. The molecule has 0 amide bonds. The first-order chi connectivity index (χ1) is 7.52. The Kier molecular flexibility index (Phi) is 3.27. The molecule has 0 heterocycles. The molecule has 3 unspecified atom stereocenters. The van der Waals surface area contributed by atoms with Crippen LogP contribution in [0.15, 0.2) is 24.3 Å². The molecular weight excluding hydrogens is 220 g/mol. The van der Waals surface area contributed by atoms with Gasteiger partial charge in [0.25, 0.3) is 0 Å². The largest absolute Gasteiger partial charge is 0.385 e. The van der Waals surface area contributed by atoms with Gasteiger partial charge in [-0.05, 0) is 42.4 Å². The van der Waals surface area contributed by atoms with Crippen LogP contribution in [0.1, 0.15) is 38.7 Å². The van der Waals surface area contributed by atoms with Crippen molar-refractivity contribution in [1.29, 1.82) is 0 Å². The van der Waals surface area contributed by atoms with Crippen molar-refractivity contribution in [1.82, 2.24) is 0 Å². The fraction of sp³-hybridized carbons (Fsp3) is 0.571. The van der Waals surface area contributed by atoms with Gasteiger partial charge in [0.1, 0.15) is 0 Å². The number of halogens is 1. The highest BCUT2D eigenvalue weighted by Gasteiger charge is 2.39. The van der Waals surface area contributed by atoms with Crippen LogP contribution in [0.4, 0.5) is 0 Å². The third-order valence-electron chi connectivity index (χ3n) is 3.91. The van der Waals surface area contributed by atoms with Gasteiger partial charge in [-0.1, -0.05) is 44.0 Å². The molecule has 1 fully saturated rings. The van der Waals surface area contributed by atoms with Crippen molar-refractivity contribution in [2.24, 2.45) is 11.8 Å². The summed E-state index contributed by atoms with van der Waals surface area (Å²) in [7, 11) is 0. The minimum Gasteiger partial charge on any atom is -0.385 e. The van der Waals surface area contributed by atoms with Crippen LogP contribution in [0.2, 0.25) is 5.02 Å². The first kappa shape index (κ1) is 11.9. The molecule has 3 atom stereocenters. The molecule has 1 aliphatic carbocycles. The minimum absolute atomic E-state index is 0.324. The molecule has 88 valence electrons. The molecule has 1 nitrogen and oxygen atoms in total. The zero-order valence-electron chi connectivity index (χ0n) is 9.91. The van der Waals surface area contributed by atoms with Crippen molar-refractivity contribution in [2.75, 3.05) is 0 Å². The SMILES string of the molecule is CC1CCC(C)C(O)(c2ccc(Cl)cc2)C1. The molecule has 0 aliphatic heterocycles. The molecule has 1 aromatic carbocycles. The third kappa shape index (κ3) is 2.11. The maximum absolute atomic E-state index is 10.8. The van der Waals surface area contributed by atoms with Crippen LogP contribution >= 0.6 is 11.6 Å². The summed E-state index contributed by atoms with van der Waals surface area (Å²) in [6.45, 7) is 4.35. The zero-order chi connectivity index (χ0) is 11.8. The maximum Gasteiger partial charge on any atom is 0.0924 e. The normalized spacial score (nSPS) is 35.0. The van der Waals surface area contributed by atoms with E-state index < -0.39 is 5.60 Å². The number of benzene rings is 1. The van der Waals surface area contributed by atoms with E-state index in [9.17, 15) is 5.11 Å². The second kappa shape index (κ2) is 4.38. The minimum atomic E-state index is -0.664. The van der Waals surface area contributed by atoms with Crippen LogP contribution < -0.4 is 0 Å². The van der Waals surface area contributed by atoms with Crippen molar-refractivity contribution in [3.05, 3.63) is 34.9 Å². The topological polar surface area (TPSA) is 20.2 Å². The van der Waals surface area contributed by atoms with Gasteiger partial charge < -0.3 is 5.11 Å². The van der Waals surface area contributed by atoms with Crippen molar-refractivity contribution in [3.63, 3.8) is 0 Å². The van der Waals surface area contributed by atoms with Gasteiger partial charge in [0.05, 0.1) is 5.60 Å². The van der Waals surface area contributed by atoms with E-state index in [4.69, 9.17) is 11.6 Å². The summed E-state index contributed by atoms with van der Waals surface area (Å²) in [6.07, 6.45) is 3.17. The monoisotopic (exact) mass is 238 g/mol. The zero-order valence-corrected chi connectivity index (χ0v) is 10.7. The smallest absolute Gasteiger partial charge is 0.0924 e. The van der Waals surface area contributed by atoms with Crippen molar-refractivity contribution in [2.45, 2.75) is 38.7 Å². The first-order valence-corrected chi connectivity index (χ1v) is 6.38. The van der Waals surface area contributed by atoms with Crippen molar-refractivity contribution >= 4 is 11.6 Å². The molecule has 1 saturated carbocycles. The highest BCUT2D eigenvalue weighted by atomic mass is 35.5. The summed E-state index contributed by atoms with van der Waals surface area (Å²) >= 11 is 5.88. The van der Waals surface area contributed by atoms with Crippen LogP contribution in [0.3, 0.4) is 0 Å². The van der Waals surface area contributed by atoms with E-state index in [0.717, 1.165) is 23.4 Å². The summed E-state index contributed by atoms with van der Waals surface area (Å²) in [6, 6.07) is 7.63. The molecule has 1 aliphatic rings. The Labute approximate surface area is 102 Å². The Balaban J connectivity index is 2.32. The van der Waals surface area contributed by atoms with E-state index in [2.05, 4.69) is 13.8 Å². The van der Waals surface area contributed by atoms with E-state index in [1.807, 2.05) is 24.3 Å². The van der Waals surface area contributed by atoms with Crippen LogP contribution in [0, 0.1) is 11.8 Å². The Morgan fingerprint density at radius 2 is 1.81 bits per heavy atom. The Bertz CT molecular complexity index is 360. The van der Waals surface area contributed by atoms with Crippen LogP contribution in [-0.2, 0) is 5.60 Å². The molecule has 2 heteroatoms. The number of aliphatic hydroxyl groups is 1. The Morgan fingerprint density at radius 3 is 2.44 bits per heavy atom. The van der Waals surface area contributed by atoms with Gasteiger partial charge in [0.2, 0.25) is 0 Å². The lowest BCUT2D eigenvalue weighted by atomic mass is 9.69. The summed E-state index contributed by atoms with van der Waals surface area (Å²) in [5.41, 5.74) is 0.346. The molecule has 1 N–H and O–H groups in total. The molecule has 2 rings (SSSR count). The predicted octanol–water partition coefficient (Wildman–Crippen LogP) is 3.98. The van der Waals surface area contributed by atoms with Crippen molar-refractivity contribution in [3.8, 4) is 0 Å². The van der Waals surface area contributed by atoms with Gasteiger partial charge in [-0.25, -0.2) is 0 Å². The van der Waals surface area contributed by atoms with Gasteiger partial charge in [0.15, 0.2) is 0 Å². The van der Waals surface area contributed by atoms with Crippen LogP contribution in [0.5, 0.6) is 0 Å². The van der Waals surface area contributed by atoms with Gasteiger partial charge in [0, 0.05) is 5.02 Å². The third-order valence-corrected chi connectivity index (χ3v) is 4.16. The van der Waals surface area contributed by atoms with Crippen LogP contribution in [-0.4, -0.2) is 5.11 Å². The van der Waals surface area contributed by atoms with Gasteiger partial charge >= 0.3 is 0 Å². The summed E-state index contributed by atoms with van der Waals surface area (Å²) < 4.78 is 0. The van der Waals surface area contributed by atoms with E-state index >= 15 is 0 Å². The number of hydrogen-bond donors (Lipinski definition) is 1. The summed E-state index contributed by atoms with van der Waals surface area (Å²) in [4.78, 5) is 0. The average Bonchev–Trinajstić information content (AvgIpc) is 2.25.